The van der Waals surface area contributed by atoms with Gasteiger partial charge >= 0.3 is 0 Å². The Labute approximate surface area is 166 Å². The molecule has 146 valence electrons. The summed E-state index contributed by atoms with van der Waals surface area (Å²) in [6.07, 6.45) is 3.44. The number of hydrogen-bond acceptors (Lipinski definition) is 3. The Morgan fingerprint density at radius 3 is 2.54 bits per heavy atom. The molecule has 1 heterocycles. The first kappa shape index (κ1) is 19.7. The minimum atomic E-state index is -0.0539. The fraction of sp³-hybridized carbons (Fsp3) is 0.292. The zero-order chi connectivity index (χ0) is 20.4. The van der Waals surface area contributed by atoms with Crippen LogP contribution in [-0.2, 0) is 4.79 Å². The van der Waals surface area contributed by atoms with E-state index in [-0.39, 0.29) is 5.91 Å². The normalized spacial score (nSPS) is 11.7. The van der Waals surface area contributed by atoms with E-state index in [1.54, 1.807) is 31.3 Å². The average molecular weight is 377 g/mol. The lowest BCUT2D eigenvalue weighted by atomic mass is 9.96. The van der Waals surface area contributed by atoms with Crippen LogP contribution in [0.1, 0.15) is 30.5 Å². The first-order chi connectivity index (χ1) is 13.3. The number of hydrogen-bond donors (Lipinski definition) is 0. The zero-order valence-electron chi connectivity index (χ0n) is 17.4. The second-order valence-corrected chi connectivity index (χ2v) is 7.31. The number of allylic oxidation sites excluding steroid dienone is 1. The molecule has 3 aromatic rings. The molecule has 0 fully saturated rings. The smallest absolute Gasteiger partial charge is 0.246 e. The lowest BCUT2D eigenvalue weighted by Gasteiger charge is -2.13. The first-order valence-electron chi connectivity index (χ1n) is 9.47. The van der Waals surface area contributed by atoms with E-state index in [0.717, 1.165) is 39.0 Å². The fourth-order valence-electron chi connectivity index (χ4n) is 3.35. The van der Waals surface area contributed by atoms with Gasteiger partial charge in [-0.3, -0.25) is 4.79 Å². The molecular formula is C24H27NO3. The number of nitrogens with zero attached hydrogens (tertiary/aromatic N) is 1. The van der Waals surface area contributed by atoms with Gasteiger partial charge in [-0.15, -0.1) is 0 Å². The number of amides is 1. The predicted molar refractivity (Wildman–Crippen MR) is 115 cm³/mol. The van der Waals surface area contributed by atoms with Gasteiger partial charge in [0.25, 0.3) is 0 Å². The average Bonchev–Trinajstić information content (AvgIpc) is 3.03. The van der Waals surface area contributed by atoms with Gasteiger partial charge in [0, 0.05) is 42.8 Å². The summed E-state index contributed by atoms with van der Waals surface area (Å²) < 4.78 is 11.7. The first-order valence-corrected chi connectivity index (χ1v) is 9.47. The summed E-state index contributed by atoms with van der Waals surface area (Å²) in [5.41, 5.74) is 7.15. The molecule has 0 saturated heterocycles. The number of rotatable bonds is 5. The SMILES string of the molecule is CCOc1cc2occ(-c3ccc(C)cc3C)c2cc1/C(C)=C/C(=O)N(C)C. The van der Waals surface area contributed by atoms with Gasteiger partial charge in [-0.25, -0.2) is 0 Å². The van der Waals surface area contributed by atoms with Crippen molar-refractivity contribution >= 4 is 22.4 Å². The lowest BCUT2D eigenvalue weighted by molar-refractivity contribution is -0.123. The van der Waals surface area contributed by atoms with Crippen LogP contribution in [0.5, 0.6) is 5.75 Å². The van der Waals surface area contributed by atoms with Crippen molar-refractivity contribution < 1.29 is 13.9 Å². The molecule has 1 aromatic heterocycles. The Balaban J connectivity index is 2.20. The molecule has 0 atom stereocenters. The lowest BCUT2D eigenvalue weighted by Crippen LogP contribution is -2.19. The molecule has 4 nitrogen and oxygen atoms in total. The highest BCUT2D eigenvalue weighted by Crippen LogP contribution is 2.38. The number of benzene rings is 2. The summed E-state index contributed by atoms with van der Waals surface area (Å²) in [6.45, 7) is 8.62. The number of aryl methyl sites for hydroxylation is 2. The standard InChI is InChI=1S/C24H27NO3/c1-7-27-22-13-23-20(12-19(22)17(4)11-24(26)25(5)6)21(14-28-23)18-9-8-15(2)10-16(18)3/h8-14H,7H2,1-6H3/b17-11+. The highest BCUT2D eigenvalue weighted by Gasteiger charge is 2.16. The van der Waals surface area contributed by atoms with E-state index >= 15 is 0 Å². The summed E-state index contributed by atoms with van der Waals surface area (Å²) in [4.78, 5) is 13.7. The Kier molecular flexibility index (Phi) is 5.59. The number of carbonyl (C=O) groups excluding carboxylic acids is 1. The fourth-order valence-corrected chi connectivity index (χ4v) is 3.35. The topological polar surface area (TPSA) is 42.7 Å². The molecule has 0 unspecified atom stereocenters. The van der Waals surface area contributed by atoms with Gasteiger partial charge in [-0.1, -0.05) is 23.8 Å². The molecule has 2 aromatic carbocycles. The molecule has 28 heavy (non-hydrogen) atoms. The van der Waals surface area contributed by atoms with Crippen LogP contribution in [0.15, 0.2) is 47.1 Å². The minimum Gasteiger partial charge on any atom is -0.493 e. The van der Waals surface area contributed by atoms with Crippen molar-refractivity contribution in [2.75, 3.05) is 20.7 Å². The van der Waals surface area contributed by atoms with Gasteiger partial charge < -0.3 is 14.1 Å². The van der Waals surface area contributed by atoms with E-state index in [4.69, 9.17) is 9.15 Å². The van der Waals surface area contributed by atoms with Crippen LogP contribution in [0.25, 0.3) is 27.7 Å². The molecule has 3 rings (SSSR count). The largest absolute Gasteiger partial charge is 0.493 e. The zero-order valence-corrected chi connectivity index (χ0v) is 17.4. The Bertz CT molecular complexity index is 1060. The summed E-state index contributed by atoms with van der Waals surface area (Å²) in [6, 6.07) is 10.4. The number of likely N-dealkylation sites (N-methyl/N-ethyl adjacent to an activating group) is 1. The third-order valence-electron chi connectivity index (χ3n) is 4.85. The second-order valence-electron chi connectivity index (χ2n) is 7.31. The predicted octanol–water partition coefficient (Wildman–Crippen LogP) is 5.61. The molecule has 0 saturated carbocycles. The molecule has 0 spiro atoms. The third kappa shape index (κ3) is 3.81. The van der Waals surface area contributed by atoms with E-state index in [0.29, 0.717) is 6.61 Å². The van der Waals surface area contributed by atoms with Crippen LogP contribution < -0.4 is 4.74 Å². The minimum absolute atomic E-state index is 0.0539. The van der Waals surface area contributed by atoms with Gasteiger partial charge in [-0.2, -0.15) is 0 Å². The number of fused-ring (bicyclic) bond motifs is 1. The van der Waals surface area contributed by atoms with Gasteiger partial charge in [-0.05, 0) is 50.5 Å². The highest BCUT2D eigenvalue weighted by atomic mass is 16.5. The van der Waals surface area contributed by atoms with Crippen molar-refractivity contribution in [2.45, 2.75) is 27.7 Å². The maximum absolute atomic E-state index is 12.2. The van der Waals surface area contributed by atoms with E-state index in [1.165, 1.54) is 11.1 Å². The molecule has 0 radical (unpaired) electrons. The monoisotopic (exact) mass is 377 g/mol. The van der Waals surface area contributed by atoms with Crippen LogP contribution in [0.4, 0.5) is 0 Å². The van der Waals surface area contributed by atoms with Gasteiger partial charge in [0.2, 0.25) is 5.91 Å². The molecule has 1 amide bonds. The maximum atomic E-state index is 12.2. The molecule has 0 aliphatic rings. The Morgan fingerprint density at radius 1 is 1.14 bits per heavy atom. The molecule has 4 heteroatoms. The second kappa shape index (κ2) is 7.93. The van der Waals surface area contributed by atoms with E-state index in [9.17, 15) is 4.79 Å². The summed E-state index contributed by atoms with van der Waals surface area (Å²) in [7, 11) is 3.49. The van der Waals surface area contributed by atoms with Gasteiger partial charge in [0.15, 0.2) is 0 Å². The van der Waals surface area contributed by atoms with Crippen molar-refractivity contribution in [3.05, 3.63) is 59.4 Å². The molecule has 0 N–H and O–H groups in total. The van der Waals surface area contributed by atoms with Crippen molar-refractivity contribution in [2.24, 2.45) is 0 Å². The Morgan fingerprint density at radius 2 is 1.89 bits per heavy atom. The molecular weight excluding hydrogens is 350 g/mol. The third-order valence-corrected chi connectivity index (χ3v) is 4.85. The van der Waals surface area contributed by atoms with Crippen LogP contribution in [0.3, 0.4) is 0 Å². The van der Waals surface area contributed by atoms with Crippen LogP contribution in [-0.4, -0.2) is 31.5 Å². The maximum Gasteiger partial charge on any atom is 0.246 e. The van der Waals surface area contributed by atoms with Crippen LogP contribution in [0.2, 0.25) is 0 Å². The van der Waals surface area contributed by atoms with E-state index < -0.39 is 0 Å². The van der Waals surface area contributed by atoms with Gasteiger partial charge in [0.05, 0.1) is 12.9 Å². The van der Waals surface area contributed by atoms with Crippen LogP contribution in [0, 0.1) is 13.8 Å². The van der Waals surface area contributed by atoms with E-state index in [1.807, 2.05) is 19.9 Å². The summed E-state index contributed by atoms with van der Waals surface area (Å²) in [5, 5.41) is 1.01. The van der Waals surface area contributed by atoms with Crippen molar-refractivity contribution in [1.82, 2.24) is 4.90 Å². The van der Waals surface area contributed by atoms with Crippen molar-refractivity contribution in [3.63, 3.8) is 0 Å². The van der Waals surface area contributed by atoms with Gasteiger partial charge in [0.1, 0.15) is 11.3 Å². The number of ether oxygens (including phenoxy) is 1. The molecule has 0 aliphatic heterocycles. The quantitative estimate of drug-likeness (QED) is 0.543. The number of furan rings is 1. The highest BCUT2D eigenvalue weighted by molar-refractivity contribution is 6.00. The van der Waals surface area contributed by atoms with E-state index in [2.05, 4.69) is 38.1 Å². The number of carbonyl (C=O) groups is 1. The summed E-state index contributed by atoms with van der Waals surface area (Å²) in [5.74, 6) is 0.665. The Hall–Kier alpha value is -3.01. The van der Waals surface area contributed by atoms with Crippen molar-refractivity contribution in [3.8, 4) is 16.9 Å². The molecule has 0 bridgehead atoms. The van der Waals surface area contributed by atoms with Crippen LogP contribution >= 0.6 is 0 Å². The van der Waals surface area contributed by atoms with Crippen molar-refractivity contribution in [1.29, 1.82) is 0 Å². The molecule has 0 aliphatic carbocycles. The summed E-state index contributed by atoms with van der Waals surface area (Å²) >= 11 is 0.